The highest BCUT2D eigenvalue weighted by atomic mass is 35.5. The van der Waals surface area contributed by atoms with E-state index >= 15 is 0 Å². The molecule has 28 heavy (non-hydrogen) atoms. The van der Waals surface area contributed by atoms with Gasteiger partial charge in [0.25, 0.3) is 0 Å². The Balaban J connectivity index is 1.67. The molecule has 0 amide bonds. The van der Waals surface area contributed by atoms with Crippen LogP contribution >= 0.6 is 11.6 Å². The van der Waals surface area contributed by atoms with Crippen molar-refractivity contribution in [2.24, 2.45) is 5.92 Å². The number of nitrogens with zero attached hydrogens (tertiary/aromatic N) is 5. The van der Waals surface area contributed by atoms with Gasteiger partial charge in [0.1, 0.15) is 5.82 Å². The normalized spacial score (nSPS) is 17.0. The second kappa shape index (κ2) is 8.37. The Kier molecular flexibility index (Phi) is 5.69. The molecule has 0 saturated carbocycles. The molecule has 2 heterocycles. The van der Waals surface area contributed by atoms with Crippen LogP contribution in [0.25, 0.3) is 0 Å². The molecule has 0 N–H and O–H groups in total. The molecule has 1 atom stereocenters. The number of benzene rings is 2. The van der Waals surface area contributed by atoms with Crippen molar-refractivity contribution >= 4 is 11.6 Å². The molecule has 0 bridgehead atoms. The minimum Gasteiger partial charge on any atom is -0.290 e. The Labute approximate surface area is 169 Å². The first-order valence-electron chi connectivity index (χ1n) is 9.60. The summed E-state index contributed by atoms with van der Waals surface area (Å²) >= 11 is 6.11. The number of hydrogen-bond donors (Lipinski definition) is 0. The summed E-state index contributed by atoms with van der Waals surface area (Å²) in [4.78, 5) is 2.44. The fraction of sp³-hybridized carbons (Fsp3) is 0.381. The van der Waals surface area contributed by atoms with Gasteiger partial charge in [0.15, 0.2) is 5.82 Å². The summed E-state index contributed by atoms with van der Waals surface area (Å²) in [6, 6.07) is 14.3. The monoisotopic (exact) mass is 399 g/mol. The molecule has 1 saturated heterocycles. The van der Waals surface area contributed by atoms with E-state index in [1.54, 1.807) is 12.1 Å². The molecule has 1 aliphatic rings. The lowest BCUT2D eigenvalue weighted by molar-refractivity contribution is 0.150. The summed E-state index contributed by atoms with van der Waals surface area (Å²) in [5.41, 5.74) is 2.08. The van der Waals surface area contributed by atoms with Gasteiger partial charge in [-0.25, -0.2) is 9.07 Å². The molecule has 0 aliphatic carbocycles. The van der Waals surface area contributed by atoms with Crippen molar-refractivity contribution in [2.75, 3.05) is 13.1 Å². The van der Waals surface area contributed by atoms with Crippen molar-refractivity contribution in [3.8, 4) is 0 Å². The third-order valence-electron chi connectivity index (χ3n) is 5.42. The molecule has 0 radical (unpaired) electrons. The van der Waals surface area contributed by atoms with Gasteiger partial charge in [0.2, 0.25) is 0 Å². The molecule has 3 aromatic rings. The molecule has 4 rings (SSSR count). The predicted octanol–water partition coefficient (Wildman–Crippen LogP) is 4.34. The number of hydrogen-bond acceptors (Lipinski definition) is 4. The third kappa shape index (κ3) is 4.23. The van der Waals surface area contributed by atoms with Gasteiger partial charge in [0.05, 0.1) is 12.6 Å². The Morgan fingerprint density at radius 2 is 1.75 bits per heavy atom. The van der Waals surface area contributed by atoms with Crippen LogP contribution in [0.2, 0.25) is 5.02 Å². The Bertz CT molecular complexity index is 901. The van der Waals surface area contributed by atoms with Crippen molar-refractivity contribution in [3.63, 3.8) is 0 Å². The van der Waals surface area contributed by atoms with Crippen LogP contribution in [0, 0.1) is 11.7 Å². The fourth-order valence-electron chi connectivity index (χ4n) is 3.74. The zero-order chi connectivity index (χ0) is 19.5. The van der Waals surface area contributed by atoms with Gasteiger partial charge in [-0.05, 0) is 77.7 Å². The molecule has 2 aromatic carbocycles. The van der Waals surface area contributed by atoms with Gasteiger partial charge >= 0.3 is 0 Å². The summed E-state index contributed by atoms with van der Waals surface area (Å²) in [7, 11) is 0. The van der Waals surface area contributed by atoms with E-state index in [1.807, 2.05) is 28.9 Å². The smallest absolute Gasteiger partial charge is 0.173 e. The quantitative estimate of drug-likeness (QED) is 0.640. The lowest BCUT2D eigenvalue weighted by atomic mass is 9.95. The van der Waals surface area contributed by atoms with E-state index in [0.717, 1.165) is 48.8 Å². The Hall–Kier alpha value is -2.31. The zero-order valence-electron chi connectivity index (χ0n) is 15.8. The molecule has 1 unspecified atom stereocenters. The summed E-state index contributed by atoms with van der Waals surface area (Å²) < 4.78 is 15.0. The molecule has 1 aliphatic heterocycles. The topological polar surface area (TPSA) is 46.8 Å². The average Bonchev–Trinajstić information content (AvgIpc) is 3.14. The maximum absolute atomic E-state index is 13.2. The van der Waals surface area contributed by atoms with E-state index in [9.17, 15) is 4.39 Å². The van der Waals surface area contributed by atoms with Gasteiger partial charge in [-0.3, -0.25) is 4.90 Å². The van der Waals surface area contributed by atoms with Gasteiger partial charge in [-0.15, -0.1) is 5.10 Å². The van der Waals surface area contributed by atoms with Crippen LogP contribution in [0.4, 0.5) is 4.39 Å². The van der Waals surface area contributed by atoms with Crippen molar-refractivity contribution in [2.45, 2.75) is 32.4 Å². The minimum atomic E-state index is -0.248. The molecule has 0 spiro atoms. The number of aromatic nitrogens is 4. The first kappa shape index (κ1) is 19.0. The van der Waals surface area contributed by atoms with Crippen LogP contribution in [-0.4, -0.2) is 38.2 Å². The van der Waals surface area contributed by atoms with Gasteiger partial charge in [0, 0.05) is 5.02 Å². The van der Waals surface area contributed by atoms with E-state index in [-0.39, 0.29) is 11.9 Å². The first-order chi connectivity index (χ1) is 13.6. The SMILES string of the molecule is CC1CCN(C(c2ccc(Cl)cc2)c2nnnn2Cc2ccc(F)cc2)CC1. The van der Waals surface area contributed by atoms with E-state index in [0.29, 0.717) is 11.6 Å². The largest absolute Gasteiger partial charge is 0.290 e. The molecule has 7 heteroatoms. The van der Waals surface area contributed by atoms with Crippen molar-refractivity contribution in [3.05, 3.63) is 76.3 Å². The molecule has 1 aromatic heterocycles. The van der Waals surface area contributed by atoms with Crippen LogP contribution in [0.1, 0.15) is 42.8 Å². The van der Waals surface area contributed by atoms with Crippen LogP contribution in [0.15, 0.2) is 48.5 Å². The second-order valence-electron chi connectivity index (χ2n) is 7.49. The standard InChI is InChI=1S/C21H23ClFN5/c1-15-10-12-27(13-11-15)20(17-4-6-18(22)7-5-17)21-24-25-26-28(21)14-16-2-8-19(23)9-3-16/h2-9,15,20H,10-14H2,1H3. The number of halogens is 2. The third-order valence-corrected chi connectivity index (χ3v) is 5.67. The Morgan fingerprint density at radius 3 is 2.43 bits per heavy atom. The minimum absolute atomic E-state index is 0.0415. The van der Waals surface area contributed by atoms with Crippen LogP contribution < -0.4 is 0 Å². The van der Waals surface area contributed by atoms with Crippen molar-refractivity contribution in [1.82, 2.24) is 25.1 Å². The summed E-state index contributed by atoms with van der Waals surface area (Å²) in [6.07, 6.45) is 2.31. The summed E-state index contributed by atoms with van der Waals surface area (Å²) in [5.74, 6) is 1.28. The number of likely N-dealkylation sites (tertiary alicyclic amines) is 1. The van der Waals surface area contributed by atoms with E-state index in [1.165, 1.54) is 12.1 Å². The highest BCUT2D eigenvalue weighted by Crippen LogP contribution is 2.32. The first-order valence-corrected chi connectivity index (χ1v) is 9.98. The highest BCUT2D eigenvalue weighted by Gasteiger charge is 2.30. The van der Waals surface area contributed by atoms with Gasteiger partial charge < -0.3 is 0 Å². The predicted molar refractivity (Wildman–Crippen MR) is 107 cm³/mol. The lowest BCUT2D eigenvalue weighted by Gasteiger charge is -2.36. The Morgan fingerprint density at radius 1 is 1.07 bits per heavy atom. The molecule has 5 nitrogen and oxygen atoms in total. The van der Waals surface area contributed by atoms with E-state index in [4.69, 9.17) is 11.6 Å². The van der Waals surface area contributed by atoms with Gasteiger partial charge in [-0.1, -0.05) is 42.8 Å². The average molecular weight is 400 g/mol. The van der Waals surface area contributed by atoms with Gasteiger partial charge in [-0.2, -0.15) is 0 Å². The molecular formula is C21H23ClFN5. The van der Waals surface area contributed by atoms with Crippen LogP contribution in [-0.2, 0) is 6.54 Å². The molecule has 1 fully saturated rings. The maximum Gasteiger partial charge on any atom is 0.173 e. The number of piperidine rings is 1. The van der Waals surface area contributed by atoms with Crippen molar-refractivity contribution in [1.29, 1.82) is 0 Å². The second-order valence-corrected chi connectivity index (χ2v) is 7.93. The van der Waals surface area contributed by atoms with E-state index < -0.39 is 0 Å². The lowest BCUT2D eigenvalue weighted by Crippen LogP contribution is -2.38. The number of rotatable bonds is 5. The number of tetrazole rings is 1. The maximum atomic E-state index is 13.2. The van der Waals surface area contributed by atoms with E-state index in [2.05, 4.69) is 27.3 Å². The summed E-state index contributed by atoms with van der Waals surface area (Å²) in [6.45, 7) is 4.79. The highest BCUT2D eigenvalue weighted by molar-refractivity contribution is 6.30. The van der Waals surface area contributed by atoms with Crippen molar-refractivity contribution < 1.29 is 4.39 Å². The summed E-state index contributed by atoms with van der Waals surface area (Å²) in [5, 5.41) is 13.2. The molecule has 146 valence electrons. The van der Waals surface area contributed by atoms with Crippen LogP contribution in [0.3, 0.4) is 0 Å². The fourth-order valence-corrected chi connectivity index (χ4v) is 3.86. The zero-order valence-corrected chi connectivity index (χ0v) is 16.6. The molecular weight excluding hydrogens is 377 g/mol. The van der Waals surface area contributed by atoms with Crippen LogP contribution in [0.5, 0.6) is 0 Å².